The molecule has 0 aliphatic rings. The molecule has 0 saturated heterocycles. The molecule has 0 spiro atoms. The molecular weight excluding hydrogens is 386 g/mol. The summed E-state index contributed by atoms with van der Waals surface area (Å²) in [5, 5.41) is 0. The van der Waals surface area contributed by atoms with Crippen molar-refractivity contribution in [3.05, 3.63) is 42.5 Å². The molecule has 27 heavy (non-hydrogen) atoms. The molecule has 0 saturated carbocycles. The zero-order valence-electron chi connectivity index (χ0n) is 18.4. The highest BCUT2D eigenvalue weighted by molar-refractivity contribution is 6.87. The lowest BCUT2D eigenvalue weighted by Crippen LogP contribution is -2.52. The summed E-state index contributed by atoms with van der Waals surface area (Å²) in [6, 6.07) is 10.7. The Kier molecular flexibility index (Phi) is 8.43. The quantitative estimate of drug-likeness (QED) is 0.355. The molecule has 0 aromatic heterocycles. The van der Waals surface area contributed by atoms with E-state index in [1.165, 1.54) is 0 Å². The summed E-state index contributed by atoms with van der Waals surface area (Å²) in [7, 11) is -5.70. The van der Waals surface area contributed by atoms with E-state index in [2.05, 4.69) is 52.4 Å². The Labute approximate surface area is 169 Å². The number of nitrogens with zero attached hydrogens (tertiary/aromatic N) is 1. The first-order valence-corrected chi connectivity index (χ1v) is 19.0. The van der Waals surface area contributed by atoms with Gasteiger partial charge >= 0.3 is 8.56 Å². The van der Waals surface area contributed by atoms with E-state index < -0.39 is 25.2 Å². The van der Waals surface area contributed by atoms with E-state index in [1.54, 1.807) is 6.92 Å². The molecule has 0 aliphatic carbocycles. The first-order valence-electron chi connectivity index (χ1n) is 9.65. The Balaban J connectivity index is 2.91. The highest BCUT2D eigenvalue weighted by atomic mass is 28.5. The van der Waals surface area contributed by atoms with Gasteiger partial charge < -0.3 is 13.1 Å². The van der Waals surface area contributed by atoms with Crippen LogP contribution in [0, 0.1) is 0 Å². The van der Waals surface area contributed by atoms with E-state index in [1.807, 2.05) is 35.2 Å². The first kappa shape index (κ1) is 24.0. The van der Waals surface area contributed by atoms with Crippen molar-refractivity contribution in [2.24, 2.45) is 0 Å². The molecule has 1 aromatic carbocycles. The number of para-hydroxylation sites is 1. The van der Waals surface area contributed by atoms with Crippen LogP contribution in [0.15, 0.2) is 42.5 Å². The maximum absolute atomic E-state index is 12.6. The number of hydrogen-bond acceptors (Lipinski definition) is 3. The fraction of sp³-hybridized carbons (Fsp3) is 0.550. The summed E-state index contributed by atoms with van der Waals surface area (Å²) in [4.78, 5) is 14.5. The first-order chi connectivity index (χ1) is 12.2. The van der Waals surface area contributed by atoms with Crippen molar-refractivity contribution >= 4 is 36.8 Å². The standard InChI is InChI=1S/C20H37NO3Si3/c1-18(2)20(22)21(19-14-11-10-12-15-19)16-13-17-27(9,23-25(3,4)5)24-26(6,7)8/h10-12,14-15H,1,13,16-17H2,2-9H3. The van der Waals surface area contributed by atoms with Gasteiger partial charge in [0.25, 0.3) is 5.91 Å². The third kappa shape index (κ3) is 9.16. The van der Waals surface area contributed by atoms with Crippen molar-refractivity contribution in [3.8, 4) is 0 Å². The molecule has 0 bridgehead atoms. The van der Waals surface area contributed by atoms with Crippen molar-refractivity contribution in [3.63, 3.8) is 0 Å². The van der Waals surface area contributed by atoms with Crippen LogP contribution in [0.2, 0.25) is 51.9 Å². The van der Waals surface area contributed by atoms with Crippen molar-refractivity contribution in [2.75, 3.05) is 11.4 Å². The normalized spacial score (nSPS) is 12.7. The summed E-state index contributed by atoms with van der Waals surface area (Å²) in [6.45, 7) is 21.7. The van der Waals surface area contributed by atoms with E-state index in [0.717, 1.165) is 18.2 Å². The lowest BCUT2D eigenvalue weighted by atomic mass is 10.2. The van der Waals surface area contributed by atoms with Crippen LogP contribution >= 0.6 is 0 Å². The van der Waals surface area contributed by atoms with Gasteiger partial charge in [-0.05, 0) is 77.4 Å². The van der Waals surface area contributed by atoms with E-state index in [9.17, 15) is 4.79 Å². The average Bonchev–Trinajstić information content (AvgIpc) is 2.48. The lowest BCUT2D eigenvalue weighted by Gasteiger charge is -2.39. The predicted octanol–water partition coefficient (Wildman–Crippen LogP) is 5.76. The minimum absolute atomic E-state index is 0.0261. The Hall–Kier alpha value is -0.999. The highest BCUT2D eigenvalue weighted by Crippen LogP contribution is 2.26. The van der Waals surface area contributed by atoms with Crippen molar-refractivity contribution < 1.29 is 13.0 Å². The van der Waals surface area contributed by atoms with Crippen LogP contribution in [0.3, 0.4) is 0 Å². The van der Waals surface area contributed by atoms with Gasteiger partial charge in [0.05, 0.1) is 0 Å². The average molecular weight is 424 g/mol. The second kappa shape index (κ2) is 9.47. The minimum Gasteiger partial charge on any atom is -0.437 e. The van der Waals surface area contributed by atoms with E-state index in [4.69, 9.17) is 8.23 Å². The van der Waals surface area contributed by atoms with Gasteiger partial charge in [-0.15, -0.1) is 0 Å². The van der Waals surface area contributed by atoms with Crippen LogP contribution in [-0.2, 0) is 13.0 Å². The number of carbonyl (C=O) groups excluding carboxylic acids is 1. The largest absolute Gasteiger partial charge is 0.437 e. The second-order valence-electron chi connectivity index (χ2n) is 9.24. The zero-order valence-corrected chi connectivity index (χ0v) is 21.4. The smallest absolute Gasteiger partial charge is 0.314 e. The van der Waals surface area contributed by atoms with Crippen molar-refractivity contribution in [1.82, 2.24) is 0 Å². The Morgan fingerprint density at radius 2 is 1.44 bits per heavy atom. The molecule has 4 nitrogen and oxygen atoms in total. The summed E-state index contributed by atoms with van der Waals surface area (Å²) in [6.07, 6.45) is 0.853. The predicted molar refractivity (Wildman–Crippen MR) is 124 cm³/mol. The Bertz CT molecular complexity index is 620. The Morgan fingerprint density at radius 1 is 0.963 bits per heavy atom. The van der Waals surface area contributed by atoms with E-state index in [0.29, 0.717) is 12.1 Å². The molecule has 1 rings (SSSR count). The van der Waals surface area contributed by atoms with Crippen LogP contribution in [0.5, 0.6) is 0 Å². The topological polar surface area (TPSA) is 38.8 Å². The van der Waals surface area contributed by atoms with Crippen molar-refractivity contribution in [1.29, 1.82) is 0 Å². The summed E-state index contributed by atoms with van der Waals surface area (Å²) < 4.78 is 13.1. The Morgan fingerprint density at radius 3 is 1.85 bits per heavy atom. The molecule has 0 atom stereocenters. The minimum atomic E-state index is -2.29. The maximum atomic E-state index is 12.6. The highest BCUT2D eigenvalue weighted by Gasteiger charge is 2.40. The summed E-state index contributed by atoms with van der Waals surface area (Å²) in [5.74, 6) is -0.0261. The van der Waals surface area contributed by atoms with E-state index >= 15 is 0 Å². The number of amides is 1. The molecule has 0 fully saturated rings. The van der Waals surface area contributed by atoms with Gasteiger partial charge in [-0.1, -0.05) is 24.8 Å². The molecule has 1 amide bonds. The number of carbonyl (C=O) groups is 1. The molecule has 0 N–H and O–H groups in total. The van der Waals surface area contributed by atoms with Crippen LogP contribution in [0.25, 0.3) is 0 Å². The lowest BCUT2D eigenvalue weighted by molar-refractivity contribution is -0.115. The molecule has 0 aliphatic heterocycles. The third-order valence-corrected chi connectivity index (χ3v) is 13.4. The second-order valence-corrected chi connectivity index (χ2v) is 22.1. The van der Waals surface area contributed by atoms with E-state index in [-0.39, 0.29) is 5.91 Å². The molecule has 1 aromatic rings. The third-order valence-electron chi connectivity index (χ3n) is 3.73. The molecule has 0 heterocycles. The summed E-state index contributed by atoms with van der Waals surface area (Å²) in [5.41, 5.74) is 1.46. The van der Waals surface area contributed by atoms with Gasteiger partial charge in [0.15, 0.2) is 16.6 Å². The number of hydrogen-bond donors (Lipinski definition) is 0. The van der Waals surface area contributed by atoms with Crippen LogP contribution in [0.4, 0.5) is 5.69 Å². The van der Waals surface area contributed by atoms with Gasteiger partial charge in [-0.3, -0.25) is 4.79 Å². The molecule has 0 radical (unpaired) electrons. The number of rotatable bonds is 10. The van der Waals surface area contributed by atoms with Crippen LogP contribution in [0.1, 0.15) is 13.3 Å². The molecule has 0 unspecified atom stereocenters. The van der Waals surface area contributed by atoms with Gasteiger partial charge in [-0.25, -0.2) is 0 Å². The summed E-state index contributed by atoms with van der Waals surface area (Å²) >= 11 is 0. The fourth-order valence-electron chi connectivity index (χ4n) is 3.16. The number of benzene rings is 1. The van der Waals surface area contributed by atoms with Gasteiger partial charge in [-0.2, -0.15) is 0 Å². The van der Waals surface area contributed by atoms with Crippen molar-refractivity contribution in [2.45, 2.75) is 65.2 Å². The maximum Gasteiger partial charge on any atom is 0.314 e. The monoisotopic (exact) mass is 423 g/mol. The number of anilines is 1. The molecular formula is C20H37NO3Si3. The molecule has 152 valence electrons. The fourth-order valence-corrected chi connectivity index (χ4v) is 15.7. The van der Waals surface area contributed by atoms with Crippen LogP contribution in [-0.4, -0.2) is 37.6 Å². The molecule has 7 heteroatoms. The van der Waals surface area contributed by atoms with Gasteiger partial charge in [0.1, 0.15) is 0 Å². The van der Waals surface area contributed by atoms with Crippen LogP contribution < -0.4 is 4.90 Å². The SMILES string of the molecule is C=C(C)C(=O)N(CCC[Si](C)(O[Si](C)(C)C)O[Si](C)(C)C)c1ccccc1. The zero-order chi connectivity index (χ0) is 20.9. The van der Waals surface area contributed by atoms with Gasteiger partial charge in [0, 0.05) is 17.8 Å². The van der Waals surface area contributed by atoms with Gasteiger partial charge in [0.2, 0.25) is 0 Å².